The highest BCUT2D eigenvalue weighted by molar-refractivity contribution is 9.10. The number of aryl methyl sites for hydroxylation is 1. The number of hydrogen-bond donors (Lipinski definition) is 2. The van der Waals surface area contributed by atoms with Crippen molar-refractivity contribution < 1.29 is 5.21 Å². The summed E-state index contributed by atoms with van der Waals surface area (Å²) >= 11 is 4.90. The molecule has 2 rings (SSSR count). The number of amidine groups is 1. The van der Waals surface area contributed by atoms with Crippen LogP contribution in [0.25, 0.3) is 0 Å². The molecule has 0 aliphatic carbocycles. The van der Waals surface area contributed by atoms with E-state index in [1.54, 1.807) is 6.07 Å². The molecule has 4 nitrogen and oxygen atoms in total. The Morgan fingerprint density at radius 2 is 2.16 bits per heavy atom. The monoisotopic (exact) mass is 337 g/mol. The van der Waals surface area contributed by atoms with Crippen LogP contribution in [0.5, 0.6) is 0 Å². The van der Waals surface area contributed by atoms with Crippen LogP contribution in [0.4, 0.5) is 0 Å². The molecule has 0 atom stereocenters. The lowest BCUT2D eigenvalue weighted by atomic mass is 10.2. The molecule has 0 saturated heterocycles. The van der Waals surface area contributed by atoms with Gasteiger partial charge in [-0.2, -0.15) is 0 Å². The number of benzene rings is 1. The van der Waals surface area contributed by atoms with E-state index in [2.05, 4.69) is 26.1 Å². The van der Waals surface area contributed by atoms with Crippen molar-refractivity contribution in [2.45, 2.75) is 16.8 Å². The molecule has 0 unspecified atom stereocenters. The van der Waals surface area contributed by atoms with E-state index >= 15 is 0 Å². The smallest absolute Gasteiger partial charge is 0.172 e. The van der Waals surface area contributed by atoms with Gasteiger partial charge in [-0.3, -0.25) is 0 Å². The summed E-state index contributed by atoms with van der Waals surface area (Å²) in [5.41, 5.74) is 7.17. The average Bonchev–Trinajstić information content (AvgIpc) is 2.38. The number of pyridine rings is 1. The maximum absolute atomic E-state index is 8.81. The van der Waals surface area contributed by atoms with Crippen molar-refractivity contribution in [2.75, 3.05) is 0 Å². The summed E-state index contributed by atoms with van der Waals surface area (Å²) in [4.78, 5) is 5.47. The summed E-state index contributed by atoms with van der Waals surface area (Å²) < 4.78 is 0.996. The predicted octanol–water partition coefficient (Wildman–Crippen LogP) is 3.40. The summed E-state index contributed by atoms with van der Waals surface area (Å²) in [6, 6.07) is 11.5. The van der Waals surface area contributed by atoms with Crippen LogP contribution in [0.15, 0.2) is 55.9 Å². The minimum Gasteiger partial charge on any atom is -0.409 e. The van der Waals surface area contributed by atoms with Crippen LogP contribution in [0.1, 0.15) is 11.3 Å². The highest BCUT2D eigenvalue weighted by atomic mass is 79.9. The molecule has 0 saturated carbocycles. The van der Waals surface area contributed by atoms with Gasteiger partial charge in [0.05, 0.1) is 5.56 Å². The van der Waals surface area contributed by atoms with E-state index in [0.29, 0.717) is 10.6 Å². The minimum absolute atomic E-state index is 0.0602. The molecule has 1 heterocycles. The molecule has 0 fully saturated rings. The van der Waals surface area contributed by atoms with E-state index in [1.165, 1.54) is 11.8 Å². The fraction of sp³-hybridized carbons (Fsp3) is 0.0769. The molecule has 0 radical (unpaired) electrons. The number of halogens is 1. The largest absolute Gasteiger partial charge is 0.409 e. The zero-order valence-corrected chi connectivity index (χ0v) is 12.6. The average molecular weight is 338 g/mol. The number of aromatic nitrogens is 1. The molecule has 6 heteroatoms. The highest BCUT2D eigenvalue weighted by Gasteiger charge is 2.10. The Labute approximate surface area is 123 Å². The van der Waals surface area contributed by atoms with E-state index < -0.39 is 0 Å². The molecule has 19 heavy (non-hydrogen) atoms. The number of nitrogens with two attached hydrogens (primary N) is 1. The molecule has 0 spiro atoms. The van der Waals surface area contributed by atoms with Gasteiger partial charge >= 0.3 is 0 Å². The molecule has 1 aromatic heterocycles. The lowest BCUT2D eigenvalue weighted by Gasteiger charge is -2.08. The maximum atomic E-state index is 8.81. The fourth-order valence-electron chi connectivity index (χ4n) is 1.50. The molecule has 0 bridgehead atoms. The number of oxime groups is 1. The Bertz CT molecular complexity index is 631. The van der Waals surface area contributed by atoms with Crippen molar-refractivity contribution in [1.29, 1.82) is 0 Å². The topological polar surface area (TPSA) is 71.5 Å². The van der Waals surface area contributed by atoms with Crippen molar-refractivity contribution in [3.05, 3.63) is 52.1 Å². The molecule has 0 aliphatic rings. The normalized spacial score (nSPS) is 11.6. The van der Waals surface area contributed by atoms with E-state index in [4.69, 9.17) is 10.9 Å². The minimum atomic E-state index is 0.0602. The Hall–Kier alpha value is -1.53. The van der Waals surface area contributed by atoms with Crippen LogP contribution >= 0.6 is 27.7 Å². The molecule has 1 aromatic carbocycles. The third-order valence-corrected chi connectivity index (χ3v) is 3.88. The van der Waals surface area contributed by atoms with E-state index in [1.807, 2.05) is 37.3 Å². The van der Waals surface area contributed by atoms with Gasteiger partial charge in [-0.05, 0) is 37.3 Å². The van der Waals surface area contributed by atoms with Gasteiger partial charge in [0, 0.05) is 15.1 Å². The number of nitrogens with zero attached hydrogens (tertiary/aromatic N) is 2. The predicted molar refractivity (Wildman–Crippen MR) is 79.7 cm³/mol. The molecule has 98 valence electrons. The Morgan fingerprint density at radius 1 is 1.37 bits per heavy atom. The first-order chi connectivity index (χ1) is 9.10. The van der Waals surface area contributed by atoms with Crippen LogP contribution in [-0.2, 0) is 0 Å². The van der Waals surface area contributed by atoms with Crippen molar-refractivity contribution >= 4 is 33.5 Å². The summed E-state index contributed by atoms with van der Waals surface area (Å²) in [6.07, 6.45) is 0. The van der Waals surface area contributed by atoms with Gasteiger partial charge in [0.25, 0.3) is 0 Å². The van der Waals surface area contributed by atoms with Crippen LogP contribution in [-0.4, -0.2) is 16.0 Å². The molecular formula is C13H12BrN3OS. The van der Waals surface area contributed by atoms with Crippen molar-refractivity contribution in [3.63, 3.8) is 0 Å². The van der Waals surface area contributed by atoms with E-state index in [0.717, 1.165) is 15.1 Å². The van der Waals surface area contributed by atoms with Gasteiger partial charge < -0.3 is 10.9 Å². The summed E-state index contributed by atoms with van der Waals surface area (Å²) in [5.74, 6) is 0.0602. The third-order valence-electron chi connectivity index (χ3n) is 2.39. The first-order valence-electron chi connectivity index (χ1n) is 5.49. The van der Waals surface area contributed by atoms with Gasteiger partial charge in [-0.1, -0.05) is 38.9 Å². The second kappa shape index (κ2) is 6.08. The molecule has 0 aliphatic heterocycles. The number of rotatable bonds is 3. The molecular weight excluding hydrogens is 326 g/mol. The SMILES string of the molecule is Cc1ccc(C(N)=NO)c(Sc2cccc(Br)c2)n1. The highest BCUT2D eigenvalue weighted by Crippen LogP contribution is 2.30. The summed E-state index contributed by atoms with van der Waals surface area (Å²) in [6.45, 7) is 1.90. The number of hydrogen-bond acceptors (Lipinski definition) is 4. The van der Waals surface area contributed by atoms with Crippen LogP contribution < -0.4 is 5.73 Å². The quantitative estimate of drug-likeness (QED) is 0.389. The second-order valence-electron chi connectivity index (χ2n) is 3.85. The summed E-state index contributed by atoms with van der Waals surface area (Å²) in [7, 11) is 0. The Morgan fingerprint density at radius 3 is 2.84 bits per heavy atom. The third kappa shape index (κ3) is 3.48. The van der Waals surface area contributed by atoms with Gasteiger partial charge in [-0.25, -0.2) is 4.98 Å². The molecule has 0 amide bonds. The standard InChI is InChI=1S/C13H12BrN3OS/c1-8-5-6-11(12(15)17-18)13(16-8)19-10-4-2-3-9(14)7-10/h2-7,18H,1H3,(H2,15,17). The van der Waals surface area contributed by atoms with Gasteiger partial charge in [0.15, 0.2) is 5.84 Å². The zero-order chi connectivity index (χ0) is 13.8. The maximum Gasteiger partial charge on any atom is 0.172 e. The van der Waals surface area contributed by atoms with Gasteiger partial charge in [0.2, 0.25) is 0 Å². The Kier molecular flexibility index (Phi) is 4.44. The summed E-state index contributed by atoms with van der Waals surface area (Å²) in [5, 5.41) is 12.6. The van der Waals surface area contributed by atoms with Crippen molar-refractivity contribution in [3.8, 4) is 0 Å². The lowest BCUT2D eigenvalue weighted by Crippen LogP contribution is -2.15. The van der Waals surface area contributed by atoms with E-state index in [9.17, 15) is 0 Å². The first kappa shape index (κ1) is 13.9. The van der Waals surface area contributed by atoms with E-state index in [-0.39, 0.29) is 5.84 Å². The molecule has 2 aromatic rings. The second-order valence-corrected chi connectivity index (χ2v) is 5.83. The van der Waals surface area contributed by atoms with Crippen LogP contribution in [0.3, 0.4) is 0 Å². The van der Waals surface area contributed by atoms with Gasteiger partial charge in [-0.15, -0.1) is 0 Å². The van der Waals surface area contributed by atoms with Crippen LogP contribution in [0.2, 0.25) is 0 Å². The fourth-order valence-corrected chi connectivity index (χ4v) is 3.08. The molecule has 3 N–H and O–H groups in total. The van der Waals surface area contributed by atoms with Crippen molar-refractivity contribution in [1.82, 2.24) is 4.98 Å². The van der Waals surface area contributed by atoms with Crippen molar-refractivity contribution in [2.24, 2.45) is 10.9 Å². The van der Waals surface area contributed by atoms with Gasteiger partial charge in [0.1, 0.15) is 5.03 Å². The Balaban J connectivity index is 2.41. The first-order valence-corrected chi connectivity index (χ1v) is 7.10. The lowest BCUT2D eigenvalue weighted by molar-refractivity contribution is 0.318. The zero-order valence-electron chi connectivity index (χ0n) is 10.2. The van der Waals surface area contributed by atoms with Crippen LogP contribution in [0, 0.1) is 6.92 Å².